The van der Waals surface area contributed by atoms with Crippen LogP contribution in [0.5, 0.6) is 0 Å². The minimum atomic E-state index is -5.05. The fraction of sp³-hybridized carbons (Fsp3) is 0.417. The van der Waals surface area contributed by atoms with E-state index in [1.807, 2.05) is 0 Å². The second-order valence-electron chi connectivity index (χ2n) is 8.65. The van der Waals surface area contributed by atoms with Crippen molar-refractivity contribution in [3.8, 4) is 0 Å². The zero-order valence-electron chi connectivity index (χ0n) is 19.0. The summed E-state index contributed by atoms with van der Waals surface area (Å²) in [6.45, 7) is 0. The topological polar surface area (TPSA) is 24.7 Å². The normalized spacial score (nSPS) is 20.0. The van der Waals surface area contributed by atoms with Gasteiger partial charge in [-0.15, -0.1) is 0 Å². The molecule has 1 fully saturated rings. The molecule has 1 saturated carbocycles. The molecular weight excluding hydrogens is 544 g/mol. The van der Waals surface area contributed by atoms with Crippen LogP contribution in [0, 0.1) is 0 Å². The summed E-state index contributed by atoms with van der Waals surface area (Å²) in [5, 5.41) is 0. The molecule has 0 radical (unpaired) electrons. The third kappa shape index (κ3) is 7.73. The van der Waals surface area contributed by atoms with E-state index in [1.54, 1.807) is 0 Å². The van der Waals surface area contributed by atoms with Crippen molar-refractivity contribution in [1.82, 2.24) is 0 Å². The van der Waals surface area contributed by atoms with Gasteiger partial charge >= 0.3 is 24.7 Å². The van der Waals surface area contributed by atoms with Crippen molar-refractivity contribution in [1.29, 1.82) is 0 Å². The summed E-state index contributed by atoms with van der Waals surface area (Å²) in [6.07, 6.45) is -16.8. The van der Waals surface area contributed by atoms with Gasteiger partial charge in [0.2, 0.25) is 0 Å². The molecule has 208 valence electrons. The summed E-state index contributed by atoms with van der Waals surface area (Å²) >= 11 is 0. The third-order valence-corrected chi connectivity index (χ3v) is 5.74. The Hall–Kier alpha value is -3.06. The molecule has 0 saturated heterocycles. The van der Waals surface area contributed by atoms with Crippen molar-refractivity contribution in [2.24, 2.45) is 9.98 Å². The first-order chi connectivity index (χ1) is 17.3. The fourth-order valence-corrected chi connectivity index (χ4v) is 3.91. The molecule has 2 nitrogen and oxygen atoms in total. The maximum atomic E-state index is 13.1. The molecule has 0 spiro atoms. The van der Waals surface area contributed by atoms with Gasteiger partial charge in [0.15, 0.2) is 0 Å². The lowest BCUT2D eigenvalue weighted by molar-refractivity contribution is -0.144. The van der Waals surface area contributed by atoms with Crippen molar-refractivity contribution in [2.75, 3.05) is 0 Å². The van der Waals surface area contributed by atoms with E-state index in [2.05, 4.69) is 9.98 Å². The van der Waals surface area contributed by atoms with Crippen molar-refractivity contribution >= 4 is 12.4 Å². The summed E-state index contributed by atoms with van der Waals surface area (Å²) in [5.74, 6) is 0. The van der Waals surface area contributed by atoms with E-state index in [4.69, 9.17) is 0 Å². The second kappa shape index (κ2) is 10.6. The van der Waals surface area contributed by atoms with Crippen molar-refractivity contribution in [3.05, 3.63) is 69.8 Å². The molecule has 2 aromatic rings. The number of benzene rings is 2. The van der Waals surface area contributed by atoms with E-state index < -0.39 is 70.2 Å². The fourth-order valence-electron chi connectivity index (χ4n) is 3.91. The van der Waals surface area contributed by atoms with Gasteiger partial charge in [-0.25, -0.2) is 0 Å². The van der Waals surface area contributed by atoms with E-state index in [0.717, 1.165) is 12.4 Å². The molecule has 3 rings (SSSR count). The monoisotopic (exact) mass is 562 g/mol. The predicted octanol–water partition coefficient (Wildman–Crippen LogP) is 8.61. The largest absolute Gasteiger partial charge is 0.416 e. The first-order valence-electron chi connectivity index (χ1n) is 11.0. The molecule has 0 N–H and O–H groups in total. The van der Waals surface area contributed by atoms with Gasteiger partial charge < -0.3 is 0 Å². The number of alkyl halides is 12. The maximum Gasteiger partial charge on any atom is 0.416 e. The molecule has 2 atom stereocenters. The van der Waals surface area contributed by atoms with Gasteiger partial charge in [0.1, 0.15) is 0 Å². The first kappa shape index (κ1) is 29.5. The van der Waals surface area contributed by atoms with Crippen molar-refractivity contribution in [3.63, 3.8) is 0 Å². The predicted molar refractivity (Wildman–Crippen MR) is 114 cm³/mol. The van der Waals surface area contributed by atoms with Crippen LogP contribution in [0.4, 0.5) is 52.7 Å². The summed E-state index contributed by atoms with van der Waals surface area (Å²) < 4.78 is 157. The summed E-state index contributed by atoms with van der Waals surface area (Å²) in [5.41, 5.74) is -7.08. The van der Waals surface area contributed by atoms with E-state index in [9.17, 15) is 52.7 Å². The van der Waals surface area contributed by atoms with Crippen LogP contribution in [0.25, 0.3) is 0 Å². The smallest absolute Gasteiger partial charge is 0.287 e. The van der Waals surface area contributed by atoms with Gasteiger partial charge in [-0.3, -0.25) is 9.98 Å². The molecular formula is C24H18F12N2. The lowest BCUT2D eigenvalue weighted by atomic mass is 9.91. The average molecular weight is 562 g/mol. The van der Waals surface area contributed by atoms with Crippen LogP contribution in [0.1, 0.15) is 59.1 Å². The summed E-state index contributed by atoms with van der Waals surface area (Å²) in [7, 11) is 0. The van der Waals surface area contributed by atoms with Gasteiger partial charge in [0, 0.05) is 12.4 Å². The highest BCUT2D eigenvalue weighted by atomic mass is 19.4. The zero-order valence-corrected chi connectivity index (χ0v) is 19.0. The highest BCUT2D eigenvalue weighted by Crippen LogP contribution is 2.37. The minimum Gasteiger partial charge on any atom is -0.287 e. The van der Waals surface area contributed by atoms with Crippen molar-refractivity contribution < 1.29 is 52.7 Å². The highest BCUT2D eigenvalue weighted by Gasteiger charge is 2.38. The van der Waals surface area contributed by atoms with Gasteiger partial charge in [-0.1, -0.05) is 12.8 Å². The van der Waals surface area contributed by atoms with Gasteiger partial charge in [0.05, 0.1) is 34.3 Å². The molecule has 0 aromatic heterocycles. The standard InChI is InChI=1S/C24H18F12N2/c25-21(26,27)15-5-13(6-16(9-15)22(28,29)30)11-37-19-3-1-2-4-20(19)38-12-14-7-17(23(31,32)33)10-18(8-14)24(34,35)36/h5-12,19-20H,1-4H2/t19-,20-/m0/s1. The number of hydrogen-bond donors (Lipinski definition) is 0. The maximum absolute atomic E-state index is 13.1. The Labute approximate surface area is 208 Å². The summed E-state index contributed by atoms with van der Waals surface area (Å²) in [6, 6.07) is 0.350. The number of nitrogens with zero attached hydrogens (tertiary/aromatic N) is 2. The number of aliphatic imine (C=N–C) groups is 2. The van der Waals surface area contributed by atoms with Crippen LogP contribution in [0.3, 0.4) is 0 Å². The Bertz CT molecular complexity index is 1030. The minimum absolute atomic E-state index is 0.0324. The van der Waals surface area contributed by atoms with Crippen LogP contribution in [-0.2, 0) is 24.7 Å². The van der Waals surface area contributed by atoms with Gasteiger partial charge in [0.25, 0.3) is 0 Å². The molecule has 0 heterocycles. The molecule has 0 amide bonds. The van der Waals surface area contributed by atoms with Crippen LogP contribution >= 0.6 is 0 Å². The molecule has 14 heteroatoms. The van der Waals surface area contributed by atoms with Crippen LogP contribution < -0.4 is 0 Å². The Morgan fingerprint density at radius 3 is 0.974 bits per heavy atom. The van der Waals surface area contributed by atoms with Gasteiger partial charge in [-0.2, -0.15) is 52.7 Å². The van der Waals surface area contributed by atoms with E-state index in [0.29, 0.717) is 49.9 Å². The molecule has 38 heavy (non-hydrogen) atoms. The number of halogens is 12. The van der Waals surface area contributed by atoms with E-state index in [-0.39, 0.29) is 12.1 Å². The van der Waals surface area contributed by atoms with E-state index in [1.165, 1.54) is 0 Å². The molecule has 2 aromatic carbocycles. The Morgan fingerprint density at radius 2 is 0.737 bits per heavy atom. The second-order valence-corrected chi connectivity index (χ2v) is 8.65. The van der Waals surface area contributed by atoms with Crippen LogP contribution in [0.15, 0.2) is 46.4 Å². The molecule has 0 aliphatic heterocycles. The molecule has 0 unspecified atom stereocenters. The van der Waals surface area contributed by atoms with Gasteiger partial charge in [-0.05, 0) is 60.4 Å². The molecule has 1 aliphatic carbocycles. The van der Waals surface area contributed by atoms with E-state index >= 15 is 0 Å². The first-order valence-corrected chi connectivity index (χ1v) is 11.0. The Kier molecular flexibility index (Phi) is 8.23. The lowest BCUT2D eigenvalue weighted by Crippen LogP contribution is -2.27. The quantitative estimate of drug-likeness (QED) is 0.263. The molecule has 1 aliphatic rings. The summed E-state index contributed by atoms with van der Waals surface area (Å²) in [4.78, 5) is 8.15. The molecule has 0 bridgehead atoms. The highest BCUT2D eigenvalue weighted by molar-refractivity contribution is 5.81. The Balaban J connectivity index is 1.91. The average Bonchev–Trinajstić information content (AvgIpc) is 2.79. The number of hydrogen-bond acceptors (Lipinski definition) is 2. The lowest BCUT2D eigenvalue weighted by Gasteiger charge is -2.25. The Morgan fingerprint density at radius 1 is 0.474 bits per heavy atom. The zero-order chi connectivity index (χ0) is 28.5. The van der Waals surface area contributed by atoms with Crippen LogP contribution in [-0.4, -0.2) is 24.5 Å². The third-order valence-electron chi connectivity index (χ3n) is 5.74. The van der Waals surface area contributed by atoms with Crippen LogP contribution in [0.2, 0.25) is 0 Å². The SMILES string of the molecule is FC(F)(F)c1cc(C=N[C@H]2CCCC[C@@H]2N=Cc2cc(C(F)(F)F)cc(C(F)(F)F)c2)cc(C(F)(F)F)c1. The van der Waals surface area contributed by atoms with Crippen molar-refractivity contribution in [2.45, 2.75) is 62.5 Å². The number of rotatable bonds is 4.